The highest BCUT2D eigenvalue weighted by atomic mass is 19.4. The molecule has 4 N–H and O–H groups in total. The summed E-state index contributed by atoms with van der Waals surface area (Å²) in [4.78, 5) is 14.7. The maximum Gasteiger partial charge on any atom is 0.433 e. The Bertz CT molecular complexity index is 513. The summed E-state index contributed by atoms with van der Waals surface area (Å²) in [5, 5.41) is 6.01. The highest BCUT2D eigenvalue weighted by Crippen LogP contribution is 2.29. The highest BCUT2D eigenvalue weighted by Gasteiger charge is 2.33. The lowest BCUT2D eigenvalue weighted by Crippen LogP contribution is -2.20. The van der Waals surface area contributed by atoms with Crippen molar-refractivity contribution in [2.24, 2.45) is 11.7 Å². The first-order valence-corrected chi connectivity index (χ1v) is 6.70. The predicted molar refractivity (Wildman–Crippen MR) is 71.8 cm³/mol. The quantitative estimate of drug-likeness (QED) is 0.772. The van der Waals surface area contributed by atoms with Crippen LogP contribution in [0.25, 0.3) is 0 Å². The lowest BCUT2D eigenvalue weighted by Gasteiger charge is -2.14. The molecule has 0 aromatic carbocycles. The molecule has 0 saturated carbocycles. The fourth-order valence-corrected chi connectivity index (χ4v) is 2.31. The van der Waals surface area contributed by atoms with Crippen molar-refractivity contribution in [2.75, 3.05) is 25.0 Å². The predicted octanol–water partition coefficient (Wildman–Crippen LogP) is 1.61. The van der Waals surface area contributed by atoms with E-state index in [-0.39, 0.29) is 11.4 Å². The number of nitrogens with two attached hydrogens (primary N) is 1. The molecule has 0 bridgehead atoms. The summed E-state index contributed by atoms with van der Waals surface area (Å²) < 4.78 is 38.0. The molecule has 1 aliphatic heterocycles. The number of primary amides is 1. The molecule has 21 heavy (non-hydrogen) atoms. The third-order valence-corrected chi connectivity index (χ3v) is 3.46. The zero-order chi connectivity index (χ0) is 15.5. The van der Waals surface area contributed by atoms with Gasteiger partial charge in [0.15, 0.2) is 0 Å². The van der Waals surface area contributed by atoms with Crippen LogP contribution in [0.2, 0.25) is 0 Å². The van der Waals surface area contributed by atoms with E-state index in [1.807, 2.05) is 0 Å². The number of hydrogen-bond acceptors (Lipinski definition) is 4. The molecule has 1 unspecified atom stereocenters. The van der Waals surface area contributed by atoms with Gasteiger partial charge in [0, 0.05) is 6.54 Å². The first-order valence-electron chi connectivity index (χ1n) is 6.70. The average molecular weight is 302 g/mol. The number of pyridine rings is 1. The van der Waals surface area contributed by atoms with Crippen LogP contribution < -0.4 is 16.4 Å². The lowest BCUT2D eigenvalue weighted by atomic mass is 10.1. The normalized spacial score (nSPS) is 18.7. The number of halogens is 3. The van der Waals surface area contributed by atoms with Gasteiger partial charge < -0.3 is 16.4 Å². The minimum absolute atomic E-state index is 0.0347. The summed E-state index contributed by atoms with van der Waals surface area (Å²) in [6.07, 6.45) is -2.72. The second-order valence-electron chi connectivity index (χ2n) is 5.03. The molecule has 116 valence electrons. The Kier molecular flexibility index (Phi) is 4.66. The monoisotopic (exact) mass is 302 g/mol. The number of anilines is 1. The van der Waals surface area contributed by atoms with Crippen LogP contribution in [-0.4, -0.2) is 30.5 Å². The second kappa shape index (κ2) is 6.30. The van der Waals surface area contributed by atoms with Crippen LogP contribution in [0.3, 0.4) is 0 Å². The van der Waals surface area contributed by atoms with Gasteiger partial charge in [-0.15, -0.1) is 0 Å². The van der Waals surface area contributed by atoms with Gasteiger partial charge in [0.25, 0.3) is 5.91 Å². The van der Waals surface area contributed by atoms with E-state index in [0.717, 1.165) is 38.1 Å². The minimum Gasteiger partial charge on any atom is -0.369 e. The smallest absolute Gasteiger partial charge is 0.369 e. The van der Waals surface area contributed by atoms with Crippen molar-refractivity contribution in [3.8, 4) is 0 Å². The number of carbonyl (C=O) groups excluding carboxylic acids is 1. The Balaban J connectivity index is 2.08. The number of hydrogen-bond donors (Lipinski definition) is 3. The summed E-state index contributed by atoms with van der Waals surface area (Å²) in [5.74, 6) is -0.426. The van der Waals surface area contributed by atoms with Crippen LogP contribution >= 0.6 is 0 Å². The lowest BCUT2D eigenvalue weighted by molar-refractivity contribution is -0.141. The number of aromatic nitrogens is 1. The van der Waals surface area contributed by atoms with E-state index < -0.39 is 17.8 Å². The largest absolute Gasteiger partial charge is 0.433 e. The van der Waals surface area contributed by atoms with Crippen LogP contribution in [0.4, 0.5) is 19.0 Å². The van der Waals surface area contributed by atoms with Crippen molar-refractivity contribution in [3.05, 3.63) is 23.4 Å². The molecular weight excluding hydrogens is 285 g/mol. The average Bonchev–Trinajstić information content (AvgIpc) is 2.90. The van der Waals surface area contributed by atoms with Crippen molar-refractivity contribution >= 4 is 11.7 Å². The third kappa shape index (κ3) is 4.07. The standard InChI is InChI=1S/C13H17F3N4O/c14-13(15,16)10-2-1-9(11(17)21)12(20-10)19-6-4-8-3-5-18-7-8/h1-2,8,18H,3-7H2,(H2,17,21)(H,19,20). The Morgan fingerprint density at radius 1 is 1.48 bits per heavy atom. The zero-order valence-electron chi connectivity index (χ0n) is 11.3. The fraction of sp³-hybridized carbons (Fsp3) is 0.538. The van der Waals surface area contributed by atoms with Gasteiger partial charge in [-0.05, 0) is 44.0 Å². The third-order valence-electron chi connectivity index (χ3n) is 3.46. The van der Waals surface area contributed by atoms with E-state index in [4.69, 9.17) is 5.73 Å². The zero-order valence-corrected chi connectivity index (χ0v) is 11.3. The molecule has 2 heterocycles. The molecule has 1 aromatic heterocycles. The summed E-state index contributed by atoms with van der Waals surface area (Å²) in [6, 6.07) is 1.81. The summed E-state index contributed by atoms with van der Waals surface area (Å²) in [5.41, 5.74) is 4.08. The van der Waals surface area contributed by atoms with Crippen LogP contribution in [-0.2, 0) is 6.18 Å². The van der Waals surface area contributed by atoms with Crippen LogP contribution in [0.15, 0.2) is 12.1 Å². The second-order valence-corrected chi connectivity index (χ2v) is 5.03. The Labute approximate surface area is 120 Å². The van der Waals surface area contributed by atoms with Crippen molar-refractivity contribution < 1.29 is 18.0 Å². The summed E-state index contributed by atoms with van der Waals surface area (Å²) >= 11 is 0. The van der Waals surface area contributed by atoms with Crippen molar-refractivity contribution in [3.63, 3.8) is 0 Å². The molecule has 1 aromatic rings. The molecule has 1 atom stereocenters. The Morgan fingerprint density at radius 3 is 2.81 bits per heavy atom. The number of nitrogens with zero attached hydrogens (tertiary/aromatic N) is 1. The topological polar surface area (TPSA) is 80.0 Å². The summed E-state index contributed by atoms with van der Waals surface area (Å²) in [7, 11) is 0. The first kappa shape index (κ1) is 15.6. The van der Waals surface area contributed by atoms with Crippen molar-refractivity contribution in [1.82, 2.24) is 10.3 Å². The SMILES string of the molecule is NC(=O)c1ccc(C(F)(F)F)nc1NCCC1CCNC1. The van der Waals surface area contributed by atoms with Crippen LogP contribution in [0, 0.1) is 5.92 Å². The van der Waals surface area contributed by atoms with Gasteiger partial charge in [0.1, 0.15) is 11.5 Å². The van der Waals surface area contributed by atoms with Crippen LogP contribution in [0.5, 0.6) is 0 Å². The number of carbonyl (C=O) groups is 1. The number of alkyl halides is 3. The van der Waals surface area contributed by atoms with Crippen molar-refractivity contribution in [2.45, 2.75) is 19.0 Å². The van der Waals surface area contributed by atoms with E-state index in [1.165, 1.54) is 0 Å². The number of rotatable bonds is 5. The van der Waals surface area contributed by atoms with Gasteiger partial charge in [0.05, 0.1) is 5.56 Å². The number of amides is 1. The highest BCUT2D eigenvalue weighted by molar-refractivity contribution is 5.97. The van der Waals surface area contributed by atoms with E-state index in [0.29, 0.717) is 12.5 Å². The van der Waals surface area contributed by atoms with Gasteiger partial charge in [-0.3, -0.25) is 4.79 Å². The van der Waals surface area contributed by atoms with Crippen molar-refractivity contribution in [1.29, 1.82) is 0 Å². The van der Waals surface area contributed by atoms with Gasteiger partial charge in [-0.25, -0.2) is 4.98 Å². The maximum atomic E-state index is 12.7. The Morgan fingerprint density at radius 2 is 2.24 bits per heavy atom. The summed E-state index contributed by atoms with van der Waals surface area (Å²) in [6.45, 7) is 2.31. The molecule has 0 spiro atoms. The molecule has 0 aliphatic carbocycles. The minimum atomic E-state index is -4.55. The van der Waals surface area contributed by atoms with Gasteiger partial charge in [-0.1, -0.05) is 0 Å². The molecule has 0 radical (unpaired) electrons. The number of nitrogens with one attached hydrogen (secondary N) is 2. The van der Waals surface area contributed by atoms with E-state index >= 15 is 0 Å². The molecule has 1 saturated heterocycles. The van der Waals surface area contributed by atoms with E-state index in [9.17, 15) is 18.0 Å². The molecule has 1 amide bonds. The first-order chi connectivity index (χ1) is 9.88. The van der Waals surface area contributed by atoms with Gasteiger partial charge in [0.2, 0.25) is 0 Å². The van der Waals surface area contributed by atoms with E-state index in [1.54, 1.807) is 0 Å². The van der Waals surface area contributed by atoms with E-state index in [2.05, 4.69) is 15.6 Å². The fourth-order valence-electron chi connectivity index (χ4n) is 2.31. The molecule has 2 rings (SSSR count). The van der Waals surface area contributed by atoms with Crippen LogP contribution in [0.1, 0.15) is 28.9 Å². The van der Waals surface area contributed by atoms with Gasteiger partial charge in [-0.2, -0.15) is 13.2 Å². The maximum absolute atomic E-state index is 12.7. The molecular formula is C13H17F3N4O. The molecule has 5 nitrogen and oxygen atoms in total. The Hall–Kier alpha value is -1.83. The van der Waals surface area contributed by atoms with Gasteiger partial charge >= 0.3 is 6.18 Å². The molecule has 1 fully saturated rings. The molecule has 8 heteroatoms. The molecule has 1 aliphatic rings.